The van der Waals surface area contributed by atoms with E-state index < -0.39 is 10.0 Å². The molecule has 0 spiro atoms. The predicted octanol–water partition coefficient (Wildman–Crippen LogP) is 3.11. The van der Waals surface area contributed by atoms with E-state index in [4.69, 9.17) is 16.0 Å². The van der Waals surface area contributed by atoms with E-state index in [0.29, 0.717) is 5.02 Å². The minimum Gasteiger partial charge on any atom is -0.460 e. The van der Waals surface area contributed by atoms with Gasteiger partial charge in [0, 0.05) is 24.7 Å². The summed E-state index contributed by atoms with van der Waals surface area (Å²) < 4.78 is 31.2. The van der Waals surface area contributed by atoms with Gasteiger partial charge in [-0.2, -0.15) is 0 Å². The van der Waals surface area contributed by atoms with Gasteiger partial charge in [0.2, 0.25) is 10.0 Å². The van der Waals surface area contributed by atoms with Gasteiger partial charge in [-0.05, 0) is 37.1 Å². The molecule has 1 aliphatic heterocycles. The minimum absolute atomic E-state index is 0.0338. The van der Waals surface area contributed by atoms with Crippen molar-refractivity contribution in [2.75, 3.05) is 19.3 Å². The van der Waals surface area contributed by atoms with Crippen LogP contribution in [0.4, 0.5) is 0 Å². The first kappa shape index (κ1) is 17.5. The summed E-state index contributed by atoms with van der Waals surface area (Å²) in [6.45, 7) is 2.40. The van der Waals surface area contributed by atoms with E-state index in [1.165, 1.54) is 6.26 Å². The molecule has 0 bridgehead atoms. The summed E-state index contributed by atoms with van der Waals surface area (Å²) in [7, 11) is -3.13. The molecule has 1 aromatic carbocycles. The molecular formula is C17H21ClN2O3S. The number of furan rings is 1. The van der Waals surface area contributed by atoms with E-state index in [2.05, 4.69) is 9.62 Å². The van der Waals surface area contributed by atoms with Gasteiger partial charge in [-0.1, -0.05) is 23.7 Å². The van der Waals surface area contributed by atoms with Crippen LogP contribution in [0.25, 0.3) is 11.3 Å². The summed E-state index contributed by atoms with van der Waals surface area (Å²) in [6.07, 6.45) is 2.83. The van der Waals surface area contributed by atoms with Gasteiger partial charge in [-0.3, -0.25) is 4.90 Å². The fraction of sp³-hybridized carbons (Fsp3) is 0.412. The monoisotopic (exact) mass is 368 g/mol. The molecule has 1 fully saturated rings. The molecule has 1 aliphatic rings. The molecule has 0 aliphatic carbocycles. The van der Waals surface area contributed by atoms with E-state index in [0.717, 1.165) is 49.6 Å². The third-order valence-corrected chi connectivity index (χ3v) is 5.24. The first-order chi connectivity index (χ1) is 11.4. The predicted molar refractivity (Wildman–Crippen MR) is 95.4 cm³/mol. The van der Waals surface area contributed by atoms with Crippen molar-refractivity contribution in [3.8, 4) is 11.3 Å². The lowest BCUT2D eigenvalue weighted by Gasteiger charge is -2.31. The van der Waals surface area contributed by atoms with Crippen molar-refractivity contribution >= 4 is 21.6 Å². The van der Waals surface area contributed by atoms with Crippen molar-refractivity contribution in [1.29, 1.82) is 0 Å². The van der Waals surface area contributed by atoms with Crippen LogP contribution in [0, 0.1) is 0 Å². The van der Waals surface area contributed by atoms with Crippen LogP contribution in [0.5, 0.6) is 0 Å². The van der Waals surface area contributed by atoms with Gasteiger partial charge in [0.05, 0.1) is 17.8 Å². The van der Waals surface area contributed by atoms with E-state index in [1.54, 1.807) is 0 Å². The second-order valence-corrected chi connectivity index (χ2v) is 8.37. The number of benzene rings is 1. The summed E-state index contributed by atoms with van der Waals surface area (Å²) in [5, 5.41) is 0.672. The summed E-state index contributed by atoms with van der Waals surface area (Å²) in [5.41, 5.74) is 0.890. The maximum atomic E-state index is 11.3. The third-order valence-electron chi connectivity index (χ3n) is 4.15. The van der Waals surface area contributed by atoms with E-state index in [9.17, 15) is 8.42 Å². The Hall–Kier alpha value is -1.34. The molecule has 5 nitrogen and oxygen atoms in total. The Labute approximate surface area is 147 Å². The van der Waals surface area contributed by atoms with Crippen molar-refractivity contribution in [1.82, 2.24) is 9.62 Å². The largest absolute Gasteiger partial charge is 0.460 e. The number of likely N-dealkylation sites (tertiary alicyclic amines) is 1. The highest BCUT2D eigenvalue weighted by Gasteiger charge is 2.22. The highest BCUT2D eigenvalue weighted by Crippen LogP contribution is 2.29. The van der Waals surface area contributed by atoms with Gasteiger partial charge in [-0.25, -0.2) is 13.1 Å². The van der Waals surface area contributed by atoms with Crippen LogP contribution < -0.4 is 4.72 Å². The molecule has 1 saturated heterocycles. The van der Waals surface area contributed by atoms with Crippen LogP contribution in [0.15, 0.2) is 40.8 Å². The Bertz CT molecular complexity index is 796. The lowest BCUT2D eigenvalue weighted by Crippen LogP contribution is -2.43. The molecule has 0 saturated carbocycles. The van der Waals surface area contributed by atoms with Crippen molar-refractivity contribution in [2.24, 2.45) is 0 Å². The highest BCUT2D eigenvalue weighted by molar-refractivity contribution is 7.88. The van der Waals surface area contributed by atoms with Crippen LogP contribution in [-0.2, 0) is 16.6 Å². The van der Waals surface area contributed by atoms with Gasteiger partial charge in [0.25, 0.3) is 0 Å². The van der Waals surface area contributed by atoms with Gasteiger partial charge < -0.3 is 4.42 Å². The lowest BCUT2D eigenvalue weighted by molar-refractivity contribution is 0.187. The first-order valence-electron chi connectivity index (χ1n) is 7.94. The number of sulfonamides is 1. The van der Waals surface area contributed by atoms with Gasteiger partial charge in [0.15, 0.2) is 0 Å². The second-order valence-electron chi connectivity index (χ2n) is 6.19. The lowest BCUT2D eigenvalue weighted by atomic mass is 10.1. The van der Waals surface area contributed by atoms with Crippen molar-refractivity contribution in [2.45, 2.75) is 25.4 Å². The molecule has 0 radical (unpaired) electrons. The average Bonchev–Trinajstić information content (AvgIpc) is 2.96. The van der Waals surface area contributed by atoms with Gasteiger partial charge in [-0.15, -0.1) is 0 Å². The molecule has 1 N–H and O–H groups in total. The zero-order valence-corrected chi connectivity index (χ0v) is 15.1. The standard InChI is InChI=1S/C17H21ClN2O3S/c1-24(21,22)19-13-8-10-20(11-9-13)12-14-6-7-17(23-14)15-4-2-3-5-16(15)18/h2-7,13,19H,8-12H2,1H3. The van der Waals surface area contributed by atoms with Crippen LogP contribution >= 0.6 is 11.6 Å². The van der Waals surface area contributed by atoms with Gasteiger partial charge >= 0.3 is 0 Å². The SMILES string of the molecule is CS(=O)(=O)NC1CCN(Cc2ccc(-c3ccccc3Cl)o2)CC1. The topological polar surface area (TPSA) is 62.6 Å². The van der Waals surface area contributed by atoms with Crippen LogP contribution in [0.2, 0.25) is 5.02 Å². The normalized spacial score (nSPS) is 17.2. The molecular weight excluding hydrogens is 348 g/mol. The fourth-order valence-corrected chi connectivity index (χ4v) is 4.07. The summed E-state index contributed by atoms with van der Waals surface area (Å²) in [5.74, 6) is 1.66. The van der Waals surface area contributed by atoms with Crippen LogP contribution in [0.3, 0.4) is 0 Å². The van der Waals surface area contributed by atoms with Crippen LogP contribution in [0.1, 0.15) is 18.6 Å². The number of piperidine rings is 1. The second kappa shape index (κ2) is 7.27. The fourth-order valence-electron chi connectivity index (χ4n) is 3.00. The molecule has 0 atom stereocenters. The maximum Gasteiger partial charge on any atom is 0.208 e. The molecule has 130 valence electrons. The van der Waals surface area contributed by atoms with Crippen LogP contribution in [-0.4, -0.2) is 38.7 Å². The molecule has 7 heteroatoms. The number of nitrogens with zero attached hydrogens (tertiary/aromatic N) is 1. The van der Waals surface area contributed by atoms with Crippen molar-refractivity contribution in [3.63, 3.8) is 0 Å². The number of hydrogen-bond acceptors (Lipinski definition) is 4. The molecule has 2 aromatic rings. The smallest absolute Gasteiger partial charge is 0.208 e. The number of halogens is 1. The number of hydrogen-bond donors (Lipinski definition) is 1. The third kappa shape index (κ3) is 4.60. The Morgan fingerprint density at radius 3 is 2.58 bits per heavy atom. The molecule has 1 aromatic heterocycles. The molecule has 0 unspecified atom stereocenters. The van der Waals surface area contributed by atoms with Crippen molar-refractivity contribution in [3.05, 3.63) is 47.2 Å². The zero-order valence-electron chi connectivity index (χ0n) is 13.5. The summed E-state index contributed by atoms with van der Waals surface area (Å²) >= 11 is 6.20. The summed E-state index contributed by atoms with van der Waals surface area (Å²) in [4.78, 5) is 2.27. The van der Waals surface area contributed by atoms with E-state index in [1.807, 2.05) is 36.4 Å². The number of rotatable bonds is 5. The van der Waals surface area contributed by atoms with Gasteiger partial charge in [0.1, 0.15) is 11.5 Å². The Morgan fingerprint density at radius 2 is 1.92 bits per heavy atom. The molecule has 0 amide bonds. The van der Waals surface area contributed by atoms with Crippen molar-refractivity contribution < 1.29 is 12.8 Å². The minimum atomic E-state index is -3.13. The average molecular weight is 369 g/mol. The van der Waals surface area contributed by atoms with E-state index in [-0.39, 0.29) is 6.04 Å². The Kier molecular flexibility index (Phi) is 5.30. The first-order valence-corrected chi connectivity index (χ1v) is 10.2. The quantitative estimate of drug-likeness (QED) is 0.880. The highest BCUT2D eigenvalue weighted by atomic mass is 35.5. The summed E-state index contributed by atoms with van der Waals surface area (Å²) in [6, 6.07) is 11.6. The number of nitrogens with one attached hydrogen (secondary N) is 1. The van der Waals surface area contributed by atoms with E-state index >= 15 is 0 Å². The Balaban J connectivity index is 1.58. The molecule has 24 heavy (non-hydrogen) atoms. The molecule has 2 heterocycles. The zero-order chi connectivity index (χ0) is 17.2. The maximum absolute atomic E-state index is 11.3. The molecule has 3 rings (SSSR count). The Morgan fingerprint density at radius 1 is 1.21 bits per heavy atom.